The van der Waals surface area contributed by atoms with Gasteiger partial charge in [-0.15, -0.1) is 0 Å². The van der Waals surface area contributed by atoms with Gasteiger partial charge in [-0.05, 0) is 36.6 Å². The molecule has 0 fully saturated rings. The number of rotatable bonds is 7. The lowest BCUT2D eigenvalue weighted by molar-refractivity contribution is 0.307. The van der Waals surface area contributed by atoms with Crippen LogP contribution in [0.1, 0.15) is 17.5 Å². The zero-order valence-electron chi connectivity index (χ0n) is 11.8. The van der Waals surface area contributed by atoms with E-state index in [1.54, 1.807) is 7.11 Å². The lowest BCUT2D eigenvalue weighted by Gasteiger charge is -2.11. The standard InChI is InChI=1S/C17H21NO2/c1-19-16-9-10-17(15(12-16)13-18)20-11-5-8-14-6-3-2-4-7-14/h2-4,6-7,9-10,12H,5,8,11,13,18H2,1H3. The SMILES string of the molecule is COc1ccc(OCCCc2ccccc2)c(CN)c1. The first kappa shape index (κ1) is 14.4. The molecule has 2 rings (SSSR count). The van der Waals surface area contributed by atoms with Crippen molar-refractivity contribution in [3.63, 3.8) is 0 Å². The Hall–Kier alpha value is -2.00. The highest BCUT2D eigenvalue weighted by atomic mass is 16.5. The molecule has 0 saturated heterocycles. The largest absolute Gasteiger partial charge is 0.497 e. The average molecular weight is 271 g/mol. The fraction of sp³-hybridized carbons (Fsp3) is 0.294. The molecule has 0 saturated carbocycles. The van der Waals surface area contributed by atoms with Crippen LogP contribution in [0.5, 0.6) is 11.5 Å². The molecule has 0 atom stereocenters. The molecule has 0 aliphatic rings. The summed E-state index contributed by atoms with van der Waals surface area (Å²) in [5.74, 6) is 1.66. The monoisotopic (exact) mass is 271 g/mol. The van der Waals surface area contributed by atoms with Crippen LogP contribution in [0.4, 0.5) is 0 Å². The van der Waals surface area contributed by atoms with Gasteiger partial charge >= 0.3 is 0 Å². The highest BCUT2D eigenvalue weighted by Gasteiger charge is 2.04. The van der Waals surface area contributed by atoms with Gasteiger partial charge in [-0.1, -0.05) is 30.3 Å². The van der Waals surface area contributed by atoms with E-state index in [1.165, 1.54) is 5.56 Å². The molecule has 0 unspecified atom stereocenters. The highest BCUT2D eigenvalue weighted by Crippen LogP contribution is 2.23. The van der Waals surface area contributed by atoms with Crippen molar-refractivity contribution >= 4 is 0 Å². The molecule has 0 spiro atoms. The Morgan fingerprint density at radius 1 is 1.05 bits per heavy atom. The first-order valence-electron chi connectivity index (χ1n) is 6.87. The molecule has 0 amide bonds. The van der Waals surface area contributed by atoms with Crippen LogP contribution in [0.25, 0.3) is 0 Å². The lowest BCUT2D eigenvalue weighted by Crippen LogP contribution is -2.05. The third-order valence-electron chi connectivity index (χ3n) is 3.20. The van der Waals surface area contributed by atoms with Crippen LogP contribution in [0.15, 0.2) is 48.5 Å². The van der Waals surface area contributed by atoms with Crippen molar-refractivity contribution in [2.24, 2.45) is 5.73 Å². The number of ether oxygens (including phenoxy) is 2. The van der Waals surface area contributed by atoms with Crippen molar-refractivity contribution in [2.75, 3.05) is 13.7 Å². The minimum atomic E-state index is 0.450. The van der Waals surface area contributed by atoms with Gasteiger partial charge in [0, 0.05) is 12.1 Å². The second kappa shape index (κ2) is 7.56. The molecular weight excluding hydrogens is 250 g/mol. The predicted molar refractivity (Wildman–Crippen MR) is 81.1 cm³/mol. The second-order valence-corrected chi connectivity index (χ2v) is 4.62. The van der Waals surface area contributed by atoms with Gasteiger partial charge in [0.2, 0.25) is 0 Å². The molecule has 2 aromatic carbocycles. The van der Waals surface area contributed by atoms with E-state index in [-0.39, 0.29) is 0 Å². The quantitative estimate of drug-likeness (QED) is 0.787. The van der Waals surface area contributed by atoms with Crippen LogP contribution in [-0.2, 0) is 13.0 Å². The summed E-state index contributed by atoms with van der Waals surface area (Å²) in [6, 6.07) is 16.2. The maximum atomic E-state index is 5.81. The van der Waals surface area contributed by atoms with Gasteiger partial charge in [0.25, 0.3) is 0 Å². The van der Waals surface area contributed by atoms with Crippen LogP contribution in [0.3, 0.4) is 0 Å². The van der Waals surface area contributed by atoms with E-state index in [0.717, 1.165) is 29.9 Å². The fourth-order valence-electron chi connectivity index (χ4n) is 2.09. The highest BCUT2D eigenvalue weighted by molar-refractivity contribution is 5.40. The number of methoxy groups -OCH3 is 1. The molecule has 106 valence electrons. The molecule has 0 aliphatic heterocycles. The number of aryl methyl sites for hydroxylation is 1. The van der Waals surface area contributed by atoms with Crippen molar-refractivity contribution in [3.8, 4) is 11.5 Å². The summed E-state index contributed by atoms with van der Waals surface area (Å²) in [6.07, 6.45) is 2.01. The lowest BCUT2D eigenvalue weighted by atomic mass is 10.1. The van der Waals surface area contributed by atoms with E-state index in [1.807, 2.05) is 24.3 Å². The van der Waals surface area contributed by atoms with Gasteiger partial charge in [0.05, 0.1) is 13.7 Å². The Balaban J connectivity index is 1.85. The van der Waals surface area contributed by atoms with E-state index < -0.39 is 0 Å². The normalized spacial score (nSPS) is 10.3. The molecule has 2 N–H and O–H groups in total. The maximum Gasteiger partial charge on any atom is 0.124 e. The Labute approximate surface area is 120 Å². The smallest absolute Gasteiger partial charge is 0.124 e. The molecule has 2 aromatic rings. The Morgan fingerprint density at radius 2 is 1.85 bits per heavy atom. The van der Waals surface area contributed by atoms with Crippen molar-refractivity contribution < 1.29 is 9.47 Å². The third kappa shape index (κ3) is 4.00. The topological polar surface area (TPSA) is 44.5 Å². The molecule has 3 heteroatoms. The molecule has 20 heavy (non-hydrogen) atoms. The van der Waals surface area contributed by atoms with Gasteiger partial charge in [0.15, 0.2) is 0 Å². The number of hydrogen-bond acceptors (Lipinski definition) is 3. The predicted octanol–water partition coefficient (Wildman–Crippen LogP) is 3.17. The second-order valence-electron chi connectivity index (χ2n) is 4.62. The summed E-state index contributed by atoms with van der Waals surface area (Å²) >= 11 is 0. The van der Waals surface area contributed by atoms with Crippen LogP contribution >= 0.6 is 0 Å². The summed E-state index contributed by atoms with van der Waals surface area (Å²) in [5.41, 5.74) is 8.05. The van der Waals surface area contributed by atoms with Gasteiger partial charge in [-0.25, -0.2) is 0 Å². The molecule has 0 aromatic heterocycles. The third-order valence-corrected chi connectivity index (χ3v) is 3.20. The van der Waals surface area contributed by atoms with E-state index in [0.29, 0.717) is 13.2 Å². The van der Waals surface area contributed by atoms with Crippen LogP contribution in [-0.4, -0.2) is 13.7 Å². The van der Waals surface area contributed by atoms with Crippen LogP contribution in [0.2, 0.25) is 0 Å². The van der Waals surface area contributed by atoms with Gasteiger partial charge in [0.1, 0.15) is 11.5 Å². The molecular formula is C17H21NO2. The molecule has 0 radical (unpaired) electrons. The van der Waals surface area contributed by atoms with E-state index >= 15 is 0 Å². The Morgan fingerprint density at radius 3 is 2.55 bits per heavy atom. The molecule has 0 heterocycles. The Kier molecular flexibility index (Phi) is 5.44. The summed E-state index contributed by atoms with van der Waals surface area (Å²) in [6.45, 7) is 1.14. The zero-order chi connectivity index (χ0) is 14.2. The van der Waals surface area contributed by atoms with Gasteiger partial charge < -0.3 is 15.2 Å². The number of benzene rings is 2. The summed E-state index contributed by atoms with van der Waals surface area (Å²) in [5, 5.41) is 0. The van der Waals surface area contributed by atoms with E-state index in [9.17, 15) is 0 Å². The number of hydrogen-bond donors (Lipinski definition) is 1. The fourth-order valence-corrected chi connectivity index (χ4v) is 2.09. The number of nitrogens with two attached hydrogens (primary N) is 1. The summed E-state index contributed by atoms with van der Waals surface area (Å²) < 4.78 is 11.0. The van der Waals surface area contributed by atoms with Crippen molar-refractivity contribution in [1.29, 1.82) is 0 Å². The van der Waals surface area contributed by atoms with Crippen molar-refractivity contribution in [1.82, 2.24) is 0 Å². The van der Waals surface area contributed by atoms with Gasteiger partial charge in [-0.3, -0.25) is 0 Å². The van der Waals surface area contributed by atoms with E-state index in [4.69, 9.17) is 15.2 Å². The average Bonchev–Trinajstić information content (AvgIpc) is 2.52. The molecule has 3 nitrogen and oxygen atoms in total. The maximum absolute atomic E-state index is 5.81. The zero-order valence-corrected chi connectivity index (χ0v) is 11.8. The Bertz CT molecular complexity index is 526. The van der Waals surface area contributed by atoms with Crippen LogP contribution in [0, 0.1) is 0 Å². The molecule has 0 bridgehead atoms. The van der Waals surface area contributed by atoms with Gasteiger partial charge in [-0.2, -0.15) is 0 Å². The van der Waals surface area contributed by atoms with Crippen molar-refractivity contribution in [3.05, 3.63) is 59.7 Å². The van der Waals surface area contributed by atoms with Crippen molar-refractivity contribution in [2.45, 2.75) is 19.4 Å². The first-order valence-corrected chi connectivity index (χ1v) is 6.87. The molecule has 0 aliphatic carbocycles. The van der Waals surface area contributed by atoms with E-state index in [2.05, 4.69) is 24.3 Å². The summed E-state index contributed by atoms with van der Waals surface area (Å²) in [7, 11) is 1.65. The first-order chi connectivity index (χ1) is 9.83. The summed E-state index contributed by atoms with van der Waals surface area (Å²) in [4.78, 5) is 0. The minimum absolute atomic E-state index is 0.450. The minimum Gasteiger partial charge on any atom is -0.497 e. The van der Waals surface area contributed by atoms with Crippen LogP contribution < -0.4 is 15.2 Å².